The smallest absolute Gasteiger partial charge is 0.304 e. The Balaban J connectivity index is 4.40. The Morgan fingerprint density at radius 2 is 2.00 bits per heavy atom. The predicted octanol–water partition coefficient (Wildman–Crippen LogP) is -1.25. The van der Waals surface area contributed by atoms with Crippen molar-refractivity contribution in [3.05, 3.63) is 0 Å². The van der Waals surface area contributed by atoms with Crippen LogP contribution in [-0.4, -0.2) is 34.2 Å². The largest absolute Gasteiger partial charge is 0.481 e. The van der Waals surface area contributed by atoms with Crippen molar-refractivity contribution in [2.24, 2.45) is 5.73 Å². The van der Waals surface area contributed by atoms with Crippen molar-refractivity contribution in [3.63, 3.8) is 0 Å². The highest BCUT2D eigenvalue weighted by molar-refractivity contribution is 7.81. The first kappa shape index (κ1) is 12.8. The molecule has 0 heterocycles. The Morgan fingerprint density at radius 1 is 1.50 bits per heavy atom. The summed E-state index contributed by atoms with van der Waals surface area (Å²) in [6.07, 6.45) is -0.350. The van der Waals surface area contributed by atoms with E-state index in [1.165, 1.54) is 6.92 Å². The van der Waals surface area contributed by atoms with E-state index in [0.717, 1.165) is 0 Å². The summed E-state index contributed by atoms with van der Waals surface area (Å²) in [6, 6.07) is -1.06. The molecule has 7 heteroatoms. The maximum Gasteiger partial charge on any atom is 0.304 e. The number of nitrogens with two attached hydrogens (primary N) is 1. The fraction of sp³-hybridized carbons (Fsp3) is 0.571. The first-order valence-electron chi connectivity index (χ1n) is 3.81. The average Bonchev–Trinajstić information content (AvgIpc) is 1.97. The number of nitrogens with one attached hydrogen (secondary N) is 1. The second-order valence-corrected chi connectivity index (χ2v) is 3.41. The SMILES string of the molecule is CC(=O)NC(C(N)=O)C(S)CC(=O)O. The molecule has 14 heavy (non-hydrogen) atoms. The van der Waals surface area contributed by atoms with Crippen LogP contribution in [0.15, 0.2) is 0 Å². The van der Waals surface area contributed by atoms with Gasteiger partial charge in [0.05, 0.1) is 6.42 Å². The quantitative estimate of drug-likeness (QED) is 0.434. The van der Waals surface area contributed by atoms with E-state index in [1.807, 2.05) is 0 Å². The molecule has 0 aliphatic heterocycles. The van der Waals surface area contributed by atoms with E-state index in [2.05, 4.69) is 17.9 Å². The minimum Gasteiger partial charge on any atom is -0.481 e. The van der Waals surface area contributed by atoms with Crippen LogP contribution in [0.1, 0.15) is 13.3 Å². The van der Waals surface area contributed by atoms with Crippen LogP contribution in [0, 0.1) is 0 Å². The van der Waals surface area contributed by atoms with Crippen LogP contribution in [0.5, 0.6) is 0 Å². The normalized spacial score (nSPS) is 14.1. The van der Waals surface area contributed by atoms with Crippen molar-refractivity contribution in [2.75, 3.05) is 0 Å². The molecule has 0 aromatic carbocycles. The van der Waals surface area contributed by atoms with Gasteiger partial charge < -0.3 is 16.2 Å². The summed E-state index contributed by atoms with van der Waals surface area (Å²) in [5, 5.41) is 9.84. The fourth-order valence-corrected chi connectivity index (χ4v) is 1.25. The first-order valence-corrected chi connectivity index (χ1v) is 4.32. The maximum absolute atomic E-state index is 10.8. The van der Waals surface area contributed by atoms with Gasteiger partial charge in [0.25, 0.3) is 0 Å². The van der Waals surface area contributed by atoms with Gasteiger partial charge in [0.15, 0.2) is 0 Å². The van der Waals surface area contributed by atoms with E-state index in [0.29, 0.717) is 0 Å². The minimum absolute atomic E-state index is 0.350. The van der Waals surface area contributed by atoms with Gasteiger partial charge in [-0.15, -0.1) is 0 Å². The lowest BCUT2D eigenvalue weighted by molar-refractivity contribution is -0.137. The monoisotopic (exact) mass is 220 g/mol. The van der Waals surface area contributed by atoms with Crippen molar-refractivity contribution in [1.29, 1.82) is 0 Å². The molecule has 0 fully saturated rings. The zero-order chi connectivity index (χ0) is 11.3. The molecule has 0 rings (SSSR count). The van der Waals surface area contributed by atoms with Gasteiger partial charge in [0.1, 0.15) is 6.04 Å². The molecule has 0 aliphatic carbocycles. The molecule has 6 nitrogen and oxygen atoms in total. The fourth-order valence-electron chi connectivity index (χ4n) is 0.873. The van der Waals surface area contributed by atoms with Crippen LogP contribution in [0.2, 0.25) is 0 Å². The van der Waals surface area contributed by atoms with Gasteiger partial charge in [-0.05, 0) is 0 Å². The molecule has 2 unspecified atom stereocenters. The maximum atomic E-state index is 10.8. The molecule has 0 spiro atoms. The van der Waals surface area contributed by atoms with Crippen molar-refractivity contribution in [2.45, 2.75) is 24.6 Å². The number of rotatable bonds is 5. The zero-order valence-corrected chi connectivity index (χ0v) is 8.45. The molecule has 0 aromatic heterocycles. The van der Waals surface area contributed by atoms with E-state index >= 15 is 0 Å². The number of carbonyl (C=O) groups is 3. The second-order valence-electron chi connectivity index (χ2n) is 2.75. The zero-order valence-electron chi connectivity index (χ0n) is 7.56. The average molecular weight is 220 g/mol. The third-order valence-electron chi connectivity index (χ3n) is 1.43. The Labute approximate surface area is 86.3 Å². The molecule has 0 saturated heterocycles. The predicted molar refractivity (Wildman–Crippen MR) is 51.8 cm³/mol. The highest BCUT2D eigenvalue weighted by Gasteiger charge is 2.26. The van der Waals surface area contributed by atoms with E-state index in [4.69, 9.17) is 10.8 Å². The second kappa shape index (κ2) is 5.48. The standard InChI is InChI=1S/C7H12N2O4S/c1-3(10)9-6(7(8)13)4(14)2-5(11)12/h4,6,14H,2H2,1H3,(H2,8,13)(H,9,10)(H,11,12). The van der Waals surface area contributed by atoms with Crippen molar-refractivity contribution >= 4 is 30.4 Å². The summed E-state index contributed by atoms with van der Waals surface area (Å²) in [4.78, 5) is 31.8. The summed E-state index contributed by atoms with van der Waals surface area (Å²) < 4.78 is 0. The topological polar surface area (TPSA) is 109 Å². The van der Waals surface area contributed by atoms with Gasteiger partial charge in [-0.3, -0.25) is 14.4 Å². The lowest BCUT2D eigenvalue weighted by atomic mass is 10.1. The number of aliphatic carboxylic acids is 1. The number of amides is 2. The highest BCUT2D eigenvalue weighted by atomic mass is 32.1. The summed E-state index contributed by atoms with van der Waals surface area (Å²) in [5.74, 6) is -2.37. The lowest BCUT2D eigenvalue weighted by Crippen LogP contribution is -2.49. The minimum atomic E-state index is -1.11. The Hall–Kier alpha value is -1.24. The number of hydrogen-bond donors (Lipinski definition) is 4. The van der Waals surface area contributed by atoms with E-state index < -0.39 is 29.1 Å². The highest BCUT2D eigenvalue weighted by Crippen LogP contribution is 2.07. The Morgan fingerprint density at radius 3 is 2.29 bits per heavy atom. The van der Waals surface area contributed by atoms with Crippen LogP contribution in [0.4, 0.5) is 0 Å². The summed E-state index contributed by atoms with van der Waals surface area (Å²) in [6.45, 7) is 1.21. The molecule has 4 N–H and O–H groups in total. The van der Waals surface area contributed by atoms with Crippen LogP contribution >= 0.6 is 12.6 Å². The van der Waals surface area contributed by atoms with Gasteiger partial charge in [-0.2, -0.15) is 12.6 Å². The third-order valence-corrected chi connectivity index (χ3v) is 1.91. The lowest BCUT2D eigenvalue weighted by Gasteiger charge is -2.19. The van der Waals surface area contributed by atoms with Crippen molar-refractivity contribution in [1.82, 2.24) is 5.32 Å². The van der Waals surface area contributed by atoms with Crippen LogP contribution < -0.4 is 11.1 Å². The van der Waals surface area contributed by atoms with Gasteiger partial charge in [-0.1, -0.05) is 0 Å². The van der Waals surface area contributed by atoms with Crippen LogP contribution in [0.25, 0.3) is 0 Å². The number of primary amides is 1. The molecule has 2 amide bonds. The van der Waals surface area contributed by atoms with Gasteiger partial charge in [-0.25, -0.2) is 0 Å². The van der Waals surface area contributed by atoms with E-state index in [9.17, 15) is 14.4 Å². The van der Waals surface area contributed by atoms with Crippen LogP contribution in [0.3, 0.4) is 0 Å². The van der Waals surface area contributed by atoms with Gasteiger partial charge >= 0.3 is 5.97 Å². The third kappa shape index (κ3) is 4.70. The van der Waals surface area contributed by atoms with Gasteiger partial charge in [0.2, 0.25) is 11.8 Å². The van der Waals surface area contributed by atoms with E-state index in [-0.39, 0.29) is 6.42 Å². The van der Waals surface area contributed by atoms with Crippen LogP contribution in [-0.2, 0) is 14.4 Å². The number of hydrogen-bond acceptors (Lipinski definition) is 4. The Kier molecular flexibility index (Phi) is 5.00. The first-order chi connectivity index (χ1) is 6.34. The Bertz CT molecular complexity index is 256. The number of carbonyl (C=O) groups excluding carboxylic acids is 2. The summed E-state index contributed by atoms with van der Waals surface area (Å²) >= 11 is 3.88. The van der Waals surface area contributed by atoms with Crippen molar-refractivity contribution < 1.29 is 19.5 Å². The van der Waals surface area contributed by atoms with Crippen molar-refractivity contribution in [3.8, 4) is 0 Å². The molecular formula is C7H12N2O4S. The summed E-state index contributed by atoms with van der Waals surface area (Å²) in [5.41, 5.74) is 4.97. The molecule has 0 bridgehead atoms. The molecule has 80 valence electrons. The molecule has 0 aromatic rings. The molecule has 0 aliphatic rings. The molecule has 2 atom stereocenters. The van der Waals surface area contributed by atoms with E-state index in [1.54, 1.807) is 0 Å². The molecule has 0 saturated carbocycles. The molecule has 0 radical (unpaired) electrons. The number of carboxylic acid groups (broad SMARTS) is 1. The number of thiol groups is 1. The number of carboxylic acids is 1. The summed E-state index contributed by atoms with van der Waals surface area (Å²) in [7, 11) is 0. The molecular weight excluding hydrogens is 208 g/mol. The van der Waals surface area contributed by atoms with Gasteiger partial charge in [0, 0.05) is 12.2 Å².